The molecule has 5 rings (SSSR count). The first kappa shape index (κ1) is 23.1. The molecule has 1 aliphatic heterocycles. The molecule has 0 spiro atoms. The first-order valence-electron chi connectivity index (χ1n) is 11.6. The van der Waals surface area contributed by atoms with E-state index in [1.807, 2.05) is 49.4 Å². The van der Waals surface area contributed by atoms with Crippen molar-refractivity contribution >= 4 is 34.3 Å². The van der Waals surface area contributed by atoms with Crippen LogP contribution in [0.5, 0.6) is 0 Å². The number of benzene rings is 2. The minimum absolute atomic E-state index is 0.176. The summed E-state index contributed by atoms with van der Waals surface area (Å²) in [7, 11) is 1.35. The SMILES string of the molecule is COC(=O)C1=C(C)N=c2s/c(=C\c3c(C)[nH]c4ccccc34)c(=O)n2[C@H]1c1ccc(C(C)C)cc1. The van der Waals surface area contributed by atoms with E-state index in [4.69, 9.17) is 4.74 Å². The van der Waals surface area contributed by atoms with Gasteiger partial charge in [0.25, 0.3) is 5.56 Å². The summed E-state index contributed by atoms with van der Waals surface area (Å²) in [5, 5.41) is 1.06. The minimum atomic E-state index is -0.605. The van der Waals surface area contributed by atoms with Gasteiger partial charge in [0.15, 0.2) is 4.80 Å². The van der Waals surface area contributed by atoms with Gasteiger partial charge in [0.05, 0.1) is 29.0 Å². The number of hydrogen-bond acceptors (Lipinski definition) is 5. The second-order valence-corrected chi connectivity index (χ2v) is 10.1. The quantitative estimate of drug-likeness (QED) is 0.438. The van der Waals surface area contributed by atoms with Gasteiger partial charge in [-0.25, -0.2) is 9.79 Å². The van der Waals surface area contributed by atoms with Crippen LogP contribution >= 0.6 is 11.3 Å². The zero-order valence-electron chi connectivity index (χ0n) is 20.4. The number of nitrogens with one attached hydrogen (secondary N) is 1. The maximum Gasteiger partial charge on any atom is 0.338 e. The van der Waals surface area contributed by atoms with Gasteiger partial charge >= 0.3 is 5.97 Å². The first-order valence-corrected chi connectivity index (χ1v) is 12.4. The number of thiazole rings is 1. The number of para-hydroxylation sites is 1. The van der Waals surface area contributed by atoms with E-state index in [1.54, 1.807) is 11.5 Å². The number of nitrogens with zero attached hydrogens (tertiary/aromatic N) is 2. The second kappa shape index (κ2) is 8.82. The van der Waals surface area contributed by atoms with Crippen LogP contribution in [0.2, 0.25) is 0 Å². The van der Waals surface area contributed by atoms with E-state index in [0.717, 1.165) is 27.7 Å². The van der Waals surface area contributed by atoms with Crippen LogP contribution in [0.15, 0.2) is 69.6 Å². The smallest absolute Gasteiger partial charge is 0.338 e. The summed E-state index contributed by atoms with van der Waals surface area (Å²) in [5.74, 6) is -0.103. The molecule has 178 valence electrons. The lowest BCUT2D eigenvalue weighted by Gasteiger charge is -2.24. The molecular formula is C28H27N3O3S. The Morgan fingerprint density at radius 3 is 2.54 bits per heavy atom. The first-order chi connectivity index (χ1) is 16.8. The number of aryl methyl sites for hydroxylation is 1. The van der Waals surface area contributed by atoms with Gasteiger partial charge in [-0.3, -0.25) is 9.36 Å². The molecule has 0 unspecified atom stereocenters. The number of rotatable bonds is 4. The molecule has 0 radical (unpaired) electrons. The highest BCUT2D eigenvalue weighted by Crippen LogP contribution is 2.31. The number of carbonyl (C=O) groups excluding carboxylic acids is 1. The Kier molecular flexibility index (Phi) is 5.81. The molecular weight excluding hydrogens is 458 g/mol. The Hall–Kier alpha value is -3.71. The lowest BCUT2D eigenvalue weighted by Crippen LogP contribution is -2.39. The molecule has 2 aromatic heterocycles. The van der Waals surface area contributed by atoms with Crippen LogP contribution in [-0.2, 0) is 9.53 Å². The Morgan fingerprint density at radius 1 is 1.14 bits per heavy atom. The molecule has 1 atom stereocenters. The van der Waals surface area contributed by atoms with E-state index in [2.05, 4.69) is 36.0 Å². The van der Waals surface area contributed by atoms with E-state index >= 15 is 0 Å². The largest absolute Gasteiger partial charge is 0.466 e. The average molecular weight is 486 g/mol. The van der Waals surface area contributed by atoms with Gasteiger partial charge in [-0.2, -0.15) is 0 Å². The third-order valence-electron chi connectivity index (χ3n) is 6.56. The Bertz CT molecular complexity index is 1670. The zero-order chi connectivity index (χ0) is 24.9. The van der Waals surface area contributed by atoms with Crippen molar-refractivity contribution in [1.29, 1.82) is 0 Å². The molecule has 0 aliphatic carbocycles. The number of aromatic nitrogens is 2. The summed E-state index contributed by atoms with van der Waals surface area (Å²) in [4.78, 5) is 35.3. The van der Waals surface area contributed by atoms with E-state index in [0.29, 0.717) is 26.5 Å². The molecule has 6 nitrogen and oxygen atoms in total. The van der Waals surface area contributed by atoms with Gasteiger partial charge in [-0.15, -0.1) is 0 Å². The van der Waals surface area contributed by atoms with Gasteiger partial charge in [0.2, 0.25) is 0 Å². The van der Waals surface area contributed by atoms with Crippen molar-refractivity contribution in [1.82, 2.24) is 9.55 Å². The summed E-state index contributed by atoms with van der Waals surface area (Å²) in [5.41, 5.74) is 5.80. The summed E-state index contributed by atoms with van der Waals surface area (Å²) < 4.78 is 7.30. The molecule has 0 amide bonds. The van der Waals surface area contributed by atoms with Crippen LogP contribution in [0, 0.1) is 6.92 Å². The highest BCUT2D eigenvalue weighted by molar-refractivity contribution is 7.07. The van der Waals surface area contributed by atoms with Crippen LogP contribution in [0.3, 0.4) is 0 Å². The third kappa shape index (κ3) is 3.86. The molecule has 7 heteroatoms. The van der Waals surface area contributed by atoms with Crippen LogP contribution in [0.25, 0.3) is 17.0 Å². The van der Waals surface area contributed by atoms with Crippen LogP contribution in [0.4, 0.5) is 0 Å². The van der Waals surface area contributed by atoms with Gasteiger partial charge < -0.3 is 9.72 Å². The normalized spacial score (nSPS) is 16.1. The molecule has 0 saturated heterocycles. The molecule has 3 heterocycles. The maximum absolute atomic E-state index is 13.8. The fourth-order valence-electron chi connectivity index (χ4n) is 4.69. The summed E-state index contributed by atoms with van der Waals surface area (Å²) in [6, 6.07) is 15.5. The number of H-pyrrole nitrogens is 1. The van der Waals surface area contributed by atoms with Gasteiger partial charge in [-0.1, -0.05) is 67.6 Å². The number of allylic oxidation sites excluding steroid dienone is 1. The lowest BCUT2D eigenvalue weighted by molar-refractivity contribution is -0.136. The molecule has 2 aromatic carbocycles. The number of carbonyl (C=O) groups is 1. The molecule has 4 aromatic rings. The van der Waals surface area contributed by atoms with E-state index in [9.17, 15) is 9.59 Å². The van der Waals surface area contributed by atoms with Crippen molar-refractivity contribution in [2.45, 2.75) is 39.7 Å². The highest BCUT2D eigenvalue weighted by Gasteiger charge is 2.33. The number of methoxy groups -OCH3 is 1. The molecule has 1 N–H and O–H groups in total. The monoisotopic (exact) mass is 485 g/mol. The van der Waals surface area contributed by atoms with Crippen molar-refractivity contribution < 1.29 is 9.53 Å². The Balaban J connectivity index is 1.75. The number of hydrogen-bond donors (Lipinski definition) is 1. The predicted octanol–water partition coefficient (Wildman–Crippen LogP) is 4.32. The second-order valence-electron chi connectivity index (χ2n) is 9.10. The summed E-state index contributed by atoms with van der Waals surface area (Å²) >= 11 is 1.34. The standard InChI is InChI=1S/C28H27N3O3S/c1-15(2)18-10-12-19(13-11-18)25-24(27(33)34-5)17(4)30-28-31(25)26(32)23(35-28)14-21-16(3)29-22-9-7-6-8-20(21)22/h6-15,25,29H,1-5H3/b23-14-/t25-/m0/s1. The van der Waals surface area contributed by atoms with E-state index in [-0.39, 0.29) is 5.56 Å². The average Bonchev–Trinajstić information content (AvgIpc) is 3.33. The number of ether oxygens (including phenoxy) is 1. The fourth-order valence-corrected chi connectivity index (χ4v) is 5.72. The third-order valence-corrected chi connectivity index (χ3v) is 7.55. The molecule has 0 fully saturated rings. The molecule has 0 saturated carbocycles. The zero-order valence-corrected chi connectivity index (χ0v) is 21.2. The molecule has 1 aliphatic rings. The minimum Gasteiger partial charge on any atom is -0.466 e. The Labute approximate surface area is 206 Å². The molecule has 0 bridgehead atoms. The van der Waals surface area contributed by atoms with Crippen LogP contribution < -0.4 is 14.9 Å². The summed E-state index contributed by atoms with van der Waals surface area (Å²) in [6.45, 7) is 8.06. The predicted molar refractivity (Wildman–Crippen MR) is 139 cm³/mol. The van der Waals surface area contributed by atoms with Gasteiger partial charge in [0.1, 0.15) is 0 Å². The van der Waals surface area contributed by atoms with Crippen molar-refractivity contribution in [3.05, 3.63) is 102 Å². The summed E-state index contributed by atoms with van der Waals surface area (Å²) in [6.07, 6.45) is 1.92. The van der Waals surface area contributed by atoms with Gasteiger partial charge in [-0.05, 0) is 43.0 Å². The van der Waals surface area contributed by atoms with Crippen molar-refractivity contribution in [2.24, 2.45) is 4.99 Å². The number of fused-ring (bicyclic) bond motifs is 2. The Morgan fingerprint density at radius 2 is 1.86 bits per heavy atom. The maximum atomic E-state index is 13.8. The van der Waals surface area contributed by atoms with E-state index < -0.39 is 12.0 Å². The van der Waals surface area contributed by atoms with Crippen LogP contribution in [0.1, 0.15) is 55.1 Å². The van der Waals surface area contributed by atoms with Crippen molar-refractivity contribution in [3.8, 4) is 0 Å². The lowest BCUT2D eigenvalue weighted by atomic mass is 9.93. The van der Waals surface area contributed by atoms with Gasteiger partial charge in [0, 0.05) is 22.2 Å². The number of esters is 1. The topological polar surface area (TPSA) is 76.4 Å². The molecule has 35 heavy (non-hydrogen) atoms. The number of aromatic amines is 1. The van der Waals surface area contributed by atoms with Crippen LogP contribution in [-0.4, -0.2) is 22.6 Å². The van der Waals surface area contributed by atoms with E-state index in [1.165, 1.54) is 24.0 Å². The van der Waals surface area contributed by atoms with Crippen molar-refractivity contribution in [3.63, 3.8) is 0 Å². The van der Waals surface area contributed by atoms with Crippen molar-refractivity contribution in [2.75, 3.05) is 7.11 Å². The fraction of sp³-hybridized carbons (Fsp3) is 0.250. The highest BCUT2D eigenvalue weighted by atomic mass is 32.1.